The molecular weight excluding hydrogens is 432 g/mol. The molecule has 5 heteroatoms. The second-order valence-electron chi connectivity index (χ2n) is 8.79. The number of benzene rings is 3. The number of nitrogens with zero attached hydrogens (tertiary/aromatic N) is 1. The fourth-order valence-electron chi connectivity index (χ4n) is 4.63. The van der Waals surface area contributed by atoms with Crippen LogP contribution in [0.15, 0.2) is 84.9 Å². The number of hydrogen-bond donors (Lipinski definition) is 1. The molecule has 0 aromatic heterocycles. The van der Waals surface area contributed by atoms with Crippen molar-refractivity contribution in [1.29, 1.82) is 0 Å². The summed E-state index contributed by atoms with van der Waals surface area (Å²) in [6.07, 6.45) is 6.32. The third-order valence-corrected chi connectivity index (χ3v) is 6.67. The lowest BCUT2D eigenvalue weighted by atomic mass is 10.1. The van der Waals surface area contributed by atoms with Crippen LogP contribution in [-0.4, -0.2) is 30.1 Å². The molecule has 2 unspecified atom stereocenters. The number of halogens is 1. The predicted molar refractivity (Wildman–Crippen MR) is 133 cm³/mol. The Morgan fingerprint density at radius 3 is 2.21 bits per heavy atom. The minimum Gasteiger partial charge on any atom is -0.410 e. The molecule has 1 heterocycles. The van der Waals surface area contributed by atoms with Gasteiger partial charge in [0.2, 0.25) is 0 Å². The van der Waals surface area contributed by atoms with E-state index in [1.807, 2.05) is 36.4 Å². The maximum absolute atomic E-state index is 12.1. The number of carbonyl (C=O) groups is 1. The van der Waals surface area contributed by atoms with Gasteiger partial charge in [-0.05, 0) is 65.3 Å². The first-order valence-corrected chi connectivity index (χ1v) is 11.8. The molecule has 1 aliphatic carbocycles. The minimum atomic E-state index is -0.442. The summed E-state index contributed by atoms with van der Waals surface area (Å²) in [5.41, 5.74) is 4.64. The van der Waals surface area contributed by atoms with Crippen LogP contribution in [0, 0.1) is 5.92 Å². The second kappa shape index (κ2) is 9.82. The zero-order chi connectivity index (χ0) is 22.6. The van der Waals surface area contributed by atoms with Crippen molar-refractivity contribution in [2.24, 2.45) is 5.92 Å². The quantitative estimate of drug-likeness (QED) is 0.435. The van der Waals surface area contributed by atoms with Gasteiger partial charge in [-0.2, -0.15) is 0 Å². The van der Waals surface area contributed by atoms with E-state index in [1.54, 1.807) is 12.1 Å². The molecule has 3 aromatic carbocycles. The first-order valence-electron chi connectivity index (χ1n) is 11.4. The summed E-state index contributed by atoms with van der Waals surface area (Å²) < 4.78 is 5.40. The third kappa shape index (κ3) is 5.47. The van der Waals surface area contributed by atoms with E-state index in [9.17, 15) is 4.79 Å². The molecule has 2 aliphatic rings. The van der Waals surface area contributed by atoms with Crippen LogP contribution in [0.4, 0.5) is 4.79 Å². The van der Waals surface area contributed by atoms with Gasteiger partial charge in [0.1, 0.15) is 5.75 Å². The smallest absolute Gasteiger partial charge is 0.410 e. The van der Waals surface area contributed by atoms with Crippen molar-refractivity contribution in [3.63, 3.8) is 0 Å². The fraction of sp³-hybridized carbons (Fsp3) is 0.250. The van der Waals surface area contributed by atoms with E-state index in [1.165, 1.54) is 24.1 Å². The standard InChI is InChI=1S/C28H27ClN2O2/c29-25-10-6-23(7-11-25)24-8-13-27(14-9-24)33-28(32)30-16-15-20-1-3-21(4-2-20)18-31-19-22-5-12-26(31)17-22/h1-14,22,26H,15-19H2,(H,30,32). The van der Waals surface area contributed by atoms with E-state index in [-0.39, 0.29) is 0 Å². The number of hydrogen-bond acceptors (Lipinski definition) is 3. The van der Waals surface area contributed by atoms with Crippen LogP contribution in [-0.2, 0) is 13.0 Å². The molecule has 3 aromatic rings. The monoisotopic (exact) mass is 458 g/mol. The summed E-state index contributed by atoms with van der Waals surface area (Å²) in [5.74, 6) is 1.27. The van der Waals surface area contributed by atoms with Gasteiger partial charge in [0, 0.05) is 30.7 Å². The molecule has 1 saturated heterocycles. The molecule has 1 fully saturated rings. The molecular formula is C28H27ClN2O2. The zero-order valence-corrected chi connectivity index (χ0v) is 19.2. The second-order valence-corrected chi connectivity index (χ2v) is 9.23. The highest BCUT2D eigenvalue weighted by Gasteiger charge is 2.33. The SMILES string of the molecule is O=C(NCCc1ccc(CN2CC3C=CC2C3)cc1)Oc1ccc(-c2ccc(Cl)cc2)cc1. The van der Waals surface area contributed by atoms with Crippen LogP contribution in [0.5, 0.6) is 5.75 Å². The highest BCUT2D eigenvalue weighted by molar-refractivity contribution is 6.30. The van der Waals surface area contributed by atoms with Crippen molar-refractivity contribution in [2.75, 3.05) is 13.1 Å². The molecule has 0 radical (unpaired) electrons. The molecule has 2 atom stereocenters. The lowest BCUT2D eigenvalue weighted by Gasteiger charge is -2.23. The predicted octanol–water partition coefficient (Wildman–Crippen LogP) is 6.10. The maximum Gasteiger partial charge on any atom is 0.412 e. The average Bonchev–Trinajstić information content (AvgIpc) is 3.45. The summed E-state index contributed by atoms with van der Waals surface area (Å²) in [4.78, 5) is 14.7. The Hall–Kier alpha value is -3.08. The molecule has 0 spiro atoms. The van der Waals surface area contributed by atoms with E-state index < -0.39 is 6.09 Å². The molecule has 33 heavy (non-hydrogen) atoms. The van der Waals surface area contributed by atoms with Gasteiger partial charge in [0.05, 0.1) is 0 Å². The molecule has 4 nitrogen and oxygen atoms in total. The first kappa shape index (κ1) is 21.7. The zero-order valence-electron chi connectivity index (χ0n) is 18.4. The van der Waals surface area contributed by atoms with Crippen LogP contribution >= 0.6 is 11.6 Å². The van der Waals surface area contributed by atoms with Gasteiger partial charge < -0.3 is 10.1 Å². The van der Waals surface area contributed by atoms with Crippen molar-refractivity contribution >= 4 is 17.7 Å². The van der Waals surface area contributed by atoms with Crippen LogP contribution in [0.2, 0.25) is 5.02 Å². The van der Waals surface area contributed by atoms with Crippen molar-refractivity contribution in [3.8, 4) is 16.9 Å². The topological polar surface area (TPSA) is 41.6 Å². The number of nitrogens with one attached hydrogen (secondary N) is 1. The van der Waals surface area contributed by atoms with Gasteiger partial charge in [-0.25, -0.2) is 4.79 Å². The Morgan fingerprint density at radius 1 is 0.909 bits per heavy atom. The molecule has 0 saturated carbocycles. The van der Waals surface area contributed by atoms with Gasteiger partial charge in [-0.1, -0.05) is 72.3 Å². The summed E-state index contributed by atoms with van der Waals surface area (Å²) in [6, 6.07) is 24.4. The summed E-state index contributed by atoms with van der Waals surface area (Å²) in [7, 11) is 0. The highest BCUT2D eigenvalue weighted by atomic mass is 35.5. The minimum absolute atomic E-state index is 0.442. The van der Waals surface area contributed by atoms with E-state index >= 15 is 0 Å². The Balaban J connectivity index is 1.05. The number of amides is 1. The molecule has 5 rings (SSSR count). The maximum atomic E-state index is 12.1. The average molecular weight is 459 g/mol. The number of likely N-dealkylation sites (tertiary alicyclic amines) is 1. The number of carbonyl (C=O) groups excluding carboxylic acids is 1. The van der Waals surface area contributed by atoms with Crippen molar-refractivity contribution in [2.45, 2.75) is 25.4 Å². The van der Waals surface area contributed by atoms with Gasteiger partial charge in [0.25, 0.3) is 0 Å². The van der Waals surface area contributed by atoms with Crippen LogP contribution in [0.1, 0.15) is 17.5 Å². The largest absolute Gasteiger partial charge is 0.412 e. The van der Waals surface area contributed by atoms with E-state index in [4.69, 9.17) is 16.3 Å². The Bertz CT molecular complexity index is 1120. The van der Waals surface area contributed by atoms with Gasteiger partial charge in [-0.3, -0.25) is 4.90 Å². The lowest BCUT2D eigenvalue weighted by Crippen LogP contribution is -2.29. The van der Waals surface area contributed by atoms with E-state index in [0.29, 0.717) is 23.4 Å². The molecule has 1 amide bonds. The summed E-state index contributed by atoms with van der Waals surface area (Å²) in [5, 5.41) is 3.54. The Labute approximate surface area is 199 Å². The molecule has 2 bridgehead atoms. The van der Waals surface area contributed by atoms with Crippen LogP contribution in [0.3, 0.4) is 0 Å². The third-order valence-electron chi connectivity index (χ3n) is 6.42. The van der Waals surface area contributed by atoms with Crippen molar-refractivity contribution in [3.05, 3.63) is 101 Å². The van der Waals surface area contributed by atoms with Crippen molar-refractivity contribution < 1.29 is 9.53 Å². The van der Waals surface area contributed by atoms with Gasteiger partial charge in [0.15, 0.2) is 0 Å². The van der Waals surface area contributed by atoms with Gasteiger partial charge >= 0.3 is 6.09 Å². The normalized spacial score (nSPS) is 19.1. The molecule has 168 valence electrons. The van der Waals surface area contributed by atoms with Crippen LogP contribution in [0.25, 0.3) is 11.1 Å². The summed E-state index contributed by atoms with van der Waals surface area (Å²) in [6.45, 7) is 2.72. The number of rotatable bonds is 7. The first-order chi connectivity index (χ1) is 16.1. The number of ether oxygens (including phenoxy) is 1. The highest BCUT2D eigenvalue weighted by Crippen LogP contribution is 2.32. The van der Waals surface area contributed by atoms with E-state index in [2.05, 4.69) is 46.6 Å². The van der Waals surface area contributed by atoms with E-state index in [0.717, 1.165) is 30.0 Å². The molecule has 1 aliphatic heterocycles. The lowest BCUT2D eigenvalue weighted by molar-refractivity contribution is 0.200. The van der Waals surface area contributed by atoms with Gasteiger partial charge in [-0.15, -0.1) is 0 Å². The molecule has 1 N–H and O–H groups in total. The fourth-order valence-corrected chi connectivity index (χ4v) is 4.76. The summed E-state index contributed by atoms with van der Waals surface area (Å²) >= 11 is 5.94. The van der Waals surface area contributed by atoms with Crippen molar-refractivity contribution in [1.82, 2.24) is 10.2 Å². The Kier molecular flexibility index (Phi) is 6.47. The van der Waals surface area contributed by atoms with Crippen LogP contribution < -0.4 is 10.1 Å². The Morgan fingerprint density at radius 2 is 1.58 bits per heavy atom. The number of fused-ring (bicyclic) bond motifs is 2.